The highest BCUT2D eigenvalue weighted by Gasteiger charge is 2.38. The SMILES string of the molecule is Cc1ccc(S(=O)(=O)NC2c3cccc4cccc(c34)C2Sc2nnc3nc(C)cc(C)n23)cc1. The first-order chi connectivity index (χ1) is 16.8. The summed E-state index contributed by atoms with van der Waals surface area (Å²) in [4.78, 5) is 4.75. The van der Waals surface area contributed by atoms with Crippen LogP contribution in [0.25, 0.3) is 16.6 Å². The van der Waals surface area contributed by atoms with Gasteiger partial charge in [0.25, 0.3) is 5.78 Å². The molecule has 0 fully saturated rings. The minimum Gasteiger partial charge on any atom is -0.259 e. The summed E-state index contributed by atoms with van der Waals surface area (Å²) in [5.74, 6) is 0.538. The van der Waals surface area contributed by atoms with Crippen LogP contribution in [0.4, 0.5) is 0 Å². The van der Waals surface area contributed by atoms with Gasteiger partial charge in [-0.3, -0.25) is 4.40 Å². The van der Waals surface area contributed by atoms with Crippen molar-refractivity contribution in [3.63, 3.8) is 0 Å². The van der Waals surface area contributed by atoms with Crippen LogP contribution in [0.3, 0.4) is 0 Å². The molecule has 7 nitrogen and oxygen atoms in total. The first-order valence-corrected chi connectivity index (χ1v) is 13.6. The Morgan fingerprint density at radius 3 is 2.37 bits per heavy atom. The number of sulfonamides is 1. The quantitative estimate of drug-likeness (QED) is 0.362. The van der Waals surface area contributed by atoms with Crippen LogP contribution in [-0.4, -0.2) is 28.0 Å². The second-order valence-electron chi connectivity index (χ2n) is 8.90. The molecular weight excluding hydrogens is 478 g/mol. The number of thioether (sulfide) groups is 1. The lowest BCUT2D eigenvalue weighted by Gasteiger charge is -2.22. The molecule has 9 heteroatoms. The lowest BCUT2D eigenvalue weighted by molar-refractivity contribution is 0.557. The molecule has 2 unspecified atom stereocenters. The van der Waals surface area contributed by atoms with Crippen LogP contribution in [-0.2, 0) is 10.0 Å². The summed E-state index contributed by atoms with van der Waals surface area (Å²) >= 11 is 1.51. The highest BCUT2D eigenvalue weighted by molar-refractivity contribution is 7.99. The predicted octanol–water partition coefficient (Wildman–Crippen LogP) is 5.07. The van der Waals surface area contributed by atoms with Gasteiger partial charge in [-0.2, -0.15) is 0 Å². The summed E-state index contributed by atoms with van der Waals surface area (Å²) in [6.45, 7) is 5.86. The second kappa shape index (κ2) is 8.15. The molecule has 0 aliphatic heterocycles. The van der Waals surface area contributed by atoms with Gasteiger partial charge in [0.2, 0.25) is 10.0 Å². The van der Waals surface area contributed by atoms with E-state index in [1.165, 1.54) is 11.8 Å². The van der Waals surface area contributed by atoms with Crippen LogP contribution >= 0.6 is 11.8 Å². The zero-order valence-electron chi connectivity index (χ0n) is 19.4. The zero-order chi connectivity index (χ0) is 24.3. The van der Waals surface area contributed by atoms with Crippen LogP contribution in [0.15, 0.2) is 76.8 Å². The average molecular weight is 502 g/mol. The molecule has 176 valence electrons. The smallest absolute Gasteiger partial charge is 0.256 e. The number of nitrogens with one attached hydrogen (secondary N) is 1. The van der Waals surface area contributed by atoms with Crippen LogP contribution in [0.1, 0.15) is 39.4 Å². The van der Waals surface area contributed by atoms with Crippen molar-refractivity contribution in [3.05, 3.63) is 94.8 Å². The molecule has 35 heavy (non-hydrogen) atoms. The van der Waals surface area contributed by atoms with E-state index in [2.05, 4.69) is 38.1 Å². The summed E-state index contributed by atoms with van der Waals surface area (Å²) in [5.41, 5.74) is 4.90. The second-order valence-corrected chi connectivity index (χ2v) is 11.7. The normalized spacial score (nSPS) is 17.5. The number of hydrogen-bond donors (Lipinski definition) is 1. The summed E-state index contributed by atoms with van der Waals surface area (Å²) < 4.78 is 31.8. The fourth-order valence-electron chi connectivity index (χ4n) is 4.84. The Morgan fingerprint density at radius 1 is 0.914 bits per heavy atom. The van der Waals surface area contributed by atoms with Crippen molar-refractivity contribution in [1.82, 2.24) is 24.3 Å². The van der Waals surface area contributed by atoms with Gasteiger partial charge < -0.3 is 0 Å². The number of rotatable bonds is 5. The first-order valence-electron chi connectivity index (χ1n) is 11.3. The molecule has 2 aromatic heterocycles. The van der Waals surface area contributed by atoms with E-state index < -0.39 is 16.1 Å². The molecule has 2 heterocycles. The van der Waals surface area contributed by atoms with Crippen molar-refractivity contribution < 1.29 is 8.42 Å². The van der Waals surface area contributed by atoms with Crippen LogP contribution in [0, 0.1) is 20.8 Å². The fraction of sp³-hybridized carbons (Fsp3) is 0.192. The van der Waals surface area contributed by atoms with Crippen LogP contribution in [0.2, 0.25) is 0 Å². The van der Waals surface area contributed by atoms with Crippen molar-refractivity contribution in [2.24, 2.45) is 0 Å². The molecule has 6 rings (SSSR count). The van der Waals surface area contributed by atoms with Gasteiger partial charge in [-0.1, -0.05) is 65.9 Å². The van der Waals surface area contributed by atoms with Crippen molar-refractivity contribution in [1.29, 1.82) is 0 Å². The molecule has 1 N–H and O–H groups in total. The van der Waals surface area contributed by atoms with E-state index in [9.17, 15) is 8.42 Å². The van der Waals surface area contributed by atoms with E-state index in [-0.39, 0.29) is 10.1 Å². The standard InChI is InChI=1S/C26H23N5O2S2/c1-15-10-12-19(13-11-15)35(32,33)30-23-20-8-4-6-18-7-5-9-21(22(18)20)24(23)34-26-29-28-25-27-16(2)14-17(3)31(25)26/h4-14,23-24,30H,1-3H3. The van der Waals surface area contributed by atoms with Crippen LogP contribution in [0.5, 0.6) is 0 Å². The Hall–Kier alpha value is -3.27. The van der Waals surface area contributed by atoms with Crippen molar-refractivity contribution >= 4 is 38.3 Å². The molecule has 0 radical (unpaired) electrons. The fourth-order valence-corrected chi connectivity index (χ4v) is 7.47. The number of aromatic nitrogens is 4. The van der Waals surface area contributed by atoms with Crippen molar-refractivity contribution in [3.8, 4) is 0 Å². The van der Waals surface area contributed by atoms with E-state index in [0.717, 1.165) is 38.9 Å². The number of aryl methyl sites for hydroxylation is 3. The van der Waals surface area contributed by atoms with Crippen molar-refractivity contribution in [2.45, 2.75) is 42.1 Å². The molecule has 2 atom stereocenters. The third-order valence-electron chi connectivity index (χ3n) is 6.42. The van der Waals surface area contributed by atoms with Gasteiger partial charge in [-0.05, 0) is 60.9 Å². The Morgan fingerprint density at radius 2 is 1.63 bits per heavy atom. The Labute approximate surface area is 207 Å². The van der Waals surface area contributed by atoms with E-state index >= 15 is 0 Å². The molecule has 1 aliphatic carbocycles. The first kappa shape index (κ1) is 22.2. The maximum atomic E-state index is 13.5. The van der Waals surface area contributed by atoms with Crippen LogP contribution < -0.4 is 4.72 Å². The average Bonchev–Trinajstić information content (AvgIpc) is 3.35. The highest BCUT2D eigenvalue weighted by Crippen LogP contribution is 2.53. The Kier molecular flexibility index (Phi) is 5.17. The molecule has 0 amide bonds. The zero-order valence-corrected chi connectivity index (χ0v) is 21.1. The number of fused-ring (bicyclic) bond motifs is 1. The van der Waals surface area contributed by atoms with E-state index in [4.69, 9.17) is 0 Å². The molecule has 0 spiro atoms. The highest BCUT2D eigenvalue weighted by atomic mass is 32.2. The monoisotopic (exact) mass is 501 g/mol. The molecule has 3 aromatic carbocycles. The summed E-state index contributed by atoms with van der Waals surface area (Å²) in [7, 11) is -3.76. The molecule has 0 bridgehead atoms. The van der Waals surface area contributed by atoms with Gasteiger partial charge >= 0.3 is 0 Å². The minimum absolute atomic E-state index is 0.232. The number of nitrogens with zero attached hydrogens (tertiary/aromatic N) is 4. The lowest BCUT2D eigenvalue weighted by Crippen LogP contribution is -2.30. The summed E-state index contributed by atoms with van der Waals surface area (Å²) in [5, 5.41) is 11.3. The van der Waals surface area contributed by atoms with E-state index in [1.54, 1.807) is 12.1 Å². The van der Waals surface area contributed by atoms with E-state index in [0.29, 0.717) is 10.9 Å². The Balaban J connectivity index is 1.47. The third-order valence-corrected chi connectivity index (χ3v) is 9.13. The topological polar surface area (TPSA) is 89.2 Å². The van der Waals surface area contributed by atoms with Gasteiger partial charge in [-0.15, -0.1) is 10.2 Å². The van der Waals surface area contributed by atoms with Gasteiger partial charge in [0.05, 0.1) is 16.2 Å². The molecule has 0 saturated heterocycles. The van der Waals surface area contributed by atoms with Gasteiger partial charge in [0.1, 0.15) is 0 Å². The molecule has 1 aliphatic rings. The van der Waals surface area contributed by atoms with Crippen molar-refractivity contribution in [2.75, 3.05) is 0 Å². The Bertz CT molecular complexity index is 1710. The maximum absolute atomic E-state index is 13.5. The molecular formula is C26H23N5O2S2. The summed E-state index contributed by atoms with van der Waals surface area (Å²) in [6, 6.07) is 20.6. The van der Waals surface area contributed by atoms with Gasteiger partial charge in [0, 0.05) is 11.4 Å². The molecule has 5 aromatic rings. The molecule has 0 saturated carbocycles. The lowest BCUT2D eigenvalue weighted by atomic mass is 10.1. The maximum Gasteiger partial charge on any atom is 0.256 e. The van der Waals surface area contributed by atoms with E-state index in [1.807, 2.05) is 61.6 Å². The third kappa shape index (κ3) is 3.71. The summed E-state index contributed by atoms with van der Waals surface area (Å²) in [6.07, 6.45) is 0. The van der Waals surface area contributed by atoms with Gasteiger partial charge in [-0.25, -0.2) is 18.1 Å². The number of hydrogen-bond acceptors (Lipinski definition) is 6. The largest absolute Gasteiger partial charge is 0.259 e. The predicted molar refractivity (Wildman–Crippen MR) is 137 cm³/mol. The van der Waals surface area contributed by atoms with Gasteiger partial charge in [0.15, 0.2) is 5.16 Å². The number of benzene rings is 3. The minimum atomic E-state index is -3.76.